The maximum atomic E-state index is 13.3. The fraction of sp³-hybridized carbons (Fsp3) is 0.522. The van der Waals surface area contributed by atoms with Gasteiger partial charge in [-0.3, -0.25) is 9.69 Å². The highest BCUT2D eigenvalue weighted by Crippen LogP contribution is 2.35. The maximum absolute atomic E-state index is 13.3. The van der Waals surface area contributed by atoms with Crippen LogP contribution in [0.5, 0.6) is 5.75 Å². The number of piperidine rings is 1. The van der Waals surface area contributed by atoms with Gasteiger partial charge in [0, 0.05) is 19.4 Å². The quantitative estimate of drug-likeness (QED) is 0.755. The van der Waals surface area contributed by atoms with Gasteiger partial charge in [-0.05, 0) is 73.3 Å². The molecule has 2 aromatic rings. The van der Waals surface area contributed by atoms with E-state index in [2.05, 4.69) is 23.1 Å². The Labute approximate surface area is 169 Å². The minimum atomic E-state index is -2.54. The first-order valence-electron chi connectivity index (χ1n) is 10.4. The Hall–Kier alpha value is -2.21. The zero-order valence-corrected chi connectivity index (χ0v) is 16.4. The van der Waals surface area contributed by atoms with Crippen LogP contribution in [0, 0.1) is 5.92 Å². The molecule has 4 nitrogen and oxygen atoms in total. The van der Waals surface area contributed by atoms with Crippen molar-refractivity contribution in [1.29, 1.82) is 0 Å². The Balaban J connectivity index is 1.37. The third kappa shape index (κ3) is 5.04. The van der Waals surface area contributed by atoms with Gasteiger partial charge in [-0.25, -0.2) is 8.78 Å². The maximum Gasteiger partial charge on any atom is 0.306 e. The second-order valence-corrected chi connectivity index (χ2v) is 8.41. The number of rotatable bonds is 5. The first-order valence-corrected chi connectivity index (χ1v) is 10.4. The molecule has 0 atom stereocenters. The standard InChI is InChI=1S/C23H27F2NO3/c24-23(25)9-5-20(6-10-23)29-21-4-3-18-13-16(1-2-19(18)14-21)15-26-11-7-17(8-12-26)22(27)28/h1-4,13-14,17,20H,5-12,15H2,(H,27,28). The number of benzene rings is 2. The summed E-state index contributed by atoms with van der Waals surface area (Å²) in [5, 5.41) is 11.3. The number of hydrogen-bond donors (Lipinski definition) is 1. The molecular formula is C23H27F2NO3. The molecule has 29 heavy (non-hydrogen) atoms. The Bertz CT molecular complexity index is 868. The number of fused-ring (bicyclic) bond motifs is 1. The number of halogens is 2. The molecule has 0 unspecified atom stereocenters. The zero-order valence-electron chi connectivity index (χ0n) is 16.4. The predicted molar refractivity (Wildman–Crippen MR) is 107 cm³/mol. The van der Waals surface area contributed by atoms with Crippen LogP contribution < -0.4 is 4.74 Å². The second-order valence-electron chi connectivity index (χ2n) is 8.41. The molecule has 1 saturated heterocycles. The molecule has 6 heteroatoms. The number of carboxylic acid groups (broad SMARTS) is 1. The van der Waals surface area contributed by atoms with Crippen LogP contribution in [0.1, 0.15) is 44.1 Å². The monoisotopic (exact) mass is 403 g/mol. The molecule has 1 aliphatic heterocycles. The smallest absolute Gasteiger partial charge is 0.306 e. The van der Waals surface area contributed by atoms with Crippen LogP contribution in [-0.2, 0) is 11.3 Å². The number of carboxylic acids is 1. The van der Waals surface area contributed by atoms with E-state index >= 15 is 0 Å². The van der Waals surface area contributed by atoms with Gasteiger partial charge < -0.3 is 9.84 Å². The third-order valence-electron chi connectivity index (χ3n) is 6.19. The van der Waals surface area contributed by atoms with Gasteiger partial charge in [0.2, 0.25) is 5.92 Å². The summed E-state index contributed by atoms with van der Waals surface area (Å²) in [6, 6.07) is 12.2. The average Bonchev–Trinajstić information content (AvgIpc) is 2.70. The lowest BCUT2D eigenvalue weighted by Gasteiger charge is -2.30. The lowest BCUT2D eigenvalue weighted by Crippen LogP contribution is -2.35. The van der Waals surface area contributed by atoms with Crippen molar-refractivity contribution in [2.24, 2.45) is 5.92 Å². The molecule has 1 saturated carbocycles. The molecule has 2 aromatic carbocycles. The highest BCUT2D eigenvalue weighted by molar-refractivity contribution is 5.84. The summed E-state index contributed by atoms with van der Waals surface area (Å²) in [5.41, 5.74) is 1.20. The first kappa shape index (κ1) is 20.1. The minimum absolute atomic E-state index is 0.0989. The Kier molecular flexibility index (Phi) is 5.72. The molecule has 4 rings (SSSR count). The molecule has 1 heterocycles. The van der Waals surface area contributed by atoms with Crippen molar-refractivity contribution >= 4 is 16.7 Å². The number of ether oxygens (including phenoxy) is 1. The van der Waals surface area contributed by atoms with Gasteiger partial charge in [0.1, 0.15) is 5.75 Å². The van der Waals surface area contributed by atoms with Crippen molar-refractivity contribution < 1.29 is 23.4 Å². The van der Waals surface area contributed by atoms with Crippen molar-refractivity contribution in [3.63, 3.8) is 0 Å². The zero-order chi connectivity index (χ0) is 20.4. The van der Waals surface area contributed by atoms with Gasteiger partial charge in [0.05, 0.1) is 12.0 Å². The Morgan fingerprint density at radius 2 is 1.69 bits per heavy atom. The van der Waals surface area contributed by atoms with Crippen LogP contribution in [0.4, 0.5) is 8.78 Å². The summed E-state index contributed by atoms with van der Waals surface area (Å²) < 4.78 is 32.5. The first-order chi connectivity index (χ1) is 13.9. The van der Waals surface area contributed by atoms with Crippen molar-refractivity contribution in [2.45, 2.75) is 57.1 Å². The fourth-order valence-corrected chi connectivity index (χ4v) is 4.37. The van der Waals surface area contributed by atoms with Crippen molar-refractivity contribution in [3.05, 3.63) is 42.0 Å². The summed E-state index contributed by atoms with van der Waals surface area (Å²) in [5.74, 6) is -2.70. The van der Waals surface area contributed by atoms with Gasteiger partial charge in [0.25, 0.3) is 0 Å². The van der Waals surface area contributed by atoms with Crippen LogP contribution >= 0.6 is 0 Å². The SMILES string of the molecule is O=C(O)C1CCN(Cc2ccc3cc(OC4CCC(F)(F)CC4)ccc3c2)CC1. The highest BCUT2D eigenvalue weighted by Gasteiger charge is 2.35. The second kappa shape index (κ2) is 8.27. The van der Waals surface area contributed by atoms with Gasteiger partial charge in [0.15, 0.2) is 0 Å². The molecule has 2 aliphatic rings. The topological polar surface area (TPSA) is 49.8 Å². The molecule has 0 aromatic heterocycles. The van der Waals surface area contributed by atoms with Crippen molar-refractivity contribution in [2.75, 3.05) is 13.1 Å². The van der Waals surface area contributed by atoms with E-state index in [1.165, 1.54) is 5.56 Å². The van der Waals surface area contributed by atoms with Gasteiger partial charge in [-0.1, -0.05) is 18.2 Å². The average molecular weight is 403 g/mol. The van der Waals surface area contributed by atoms with E-state index in [9.17, 15) is 13.6 Å². The summed E-state index contributed by atoms with van der Waals surface area (Å²) in [6.07, 6.45) is 1.86. The van der Waals surface area contributed by atoms with E-state index < -0.39 is 11.9 Å². The molecule has 0 spiro atoms. The molecule has 0 amide bonds. The van der Waals surface area contributed by atoms with Gasteiger partial charge in [-0.15, -0.1) is 0 Å². The Morgan fingerprint density at radius 1 is 1.03 bits per heavy atom. The summed E-state index contributed by atoms with van der Waals surface area (Å²) >= 11 is 0. The molecule has 0 bridgehead atoms. The third-order valence-corrected chi connectivity index (χ3v) is 6.19. The Morgan fingerprint density at radius 3 is 2.38 bits per heavy atom. The number of hydrogen-bond acceptors (Lipinski definition) is 3. The lowest BCUT2D eigenvalue weighted by molar-refractivity contribution is -0.143. The van der Waals surface area contributed by atoms with Gasteiger partial charge in [-0.2, -0.15) is 0 Å². The van der Waals surface area contributed by atoms with E-state index in [1.807, 2.05) is 18.2 Å². The van der Waals surface area contributed by atoms with E-state index in [-0.39, 0.29) is 24.9 Å². The van der Waals surface area contributed by atoms with E-state index in [1.54, 1.807) is 0 Å². The molecule has 156 valence electrons. The summed E-state index contributed by atoms with van der Waals surface area (Å²) in [4.78, 5) is 13.4. The lowest BCUT2D eigenvalue weighted by atomic mass is 9.94. The summed E-state index contributed by atoms with van der Waals surface area (Å²) in [7, 11) is 0. The largest absolute Gasteiger partial charge is 0.490 e. The van der Waals surface area contributed by atoms with Crippen molar-refractivity contribution in [3.8, 4) is 5.75 Å². The number of carbonyl (C=O) groups is 1. The van der Waals surface area contributed by atoms with Gasteiger partial charge >= 0.3 is 5.97 Å². The predicted octanol–water partition coefficient (Wildman–Crippen LogP) is 5.09. The van der Waals surface area contributed by atoms with Crippen LogP contribution in [0.3, 0.4) is 0 Å². The minimum Gasteiger partial charge on any atom is -0.490 e. The normalized spacial score (nSPS) is 21.3. The summed E-state index contributed by atoms with van der Waals surface area (Å²) in [6.45, 7) is 2.43. The fourth-order valence-electron chi connectivity index (χ4n) is 4.37. The van der Waals surface area contributed by atoms with E-state index in [0.717, 1.165) is 36.2 Å². The van der Waals surface area contributed by atoms with Crippen LogP contribution in [0.15, 0.2) is 36.4 Å². The number of aliphatic carboxylic acids is 1. The van der Waals surface area contributed by atoms with E-state index in [4.69, 9.17) is 9.84 Å². The van der Waals surface area contributed by atoms with Crippen LogP contribution in [0.2, 0.25) is 0 Å². The highest BCUT2D eigenvalue weighted by atomic mass is 19.3. The van der Waals surface area contributed by atoms with Crippen molar-refractivity contribution in [1.82, 2.24) is 4.90 Å². The molecular weight excluding hydrogens is 376 g/mol. The molecule has 0 radical (unpaired) electrons. The number of alkyl halides is 2. The molecule has 1 N–H and O–H groups in total. The number of likely N-dealkylation sites (tertiary alicyclic amines) is 1. The van der Waals surface area contributed by atoms with Crippen LogP contribution in [-0.4, -0.2) is 41.1 Å². The number of nitrogens with zero attached hydrogens (tertiary/aromatic N) is 1. The van der Waals surface area contributed by atoms with Crippen LogP contribution in [0.25, 0.3) is 10.8 Å². The molecule has 1 aliphatic carbocycles. The van der Waals surface area contributed by atoms with E-state index in [0.29, 0.717) is 25.7 Å². The molecule has 2 fully saturated rings.